The number of carbonyl (C=O) groups excluding carboxylic acids is 1. The molecule has 0 saturated carbocycles. The molecule has 0 heterocycles. The molecule has 0 aromatic rings. The van der Waals surface area contributed by atoms with Gasteiger partial charge in [-0.1, -0.05) is 0 Å². The lowest BCUT2D eigenvalue weighted by Crippen LogP contribution is -2.49. The molecule has 2 amide bonds. The molecule has 0 rings (SSSR count). The van der Waals surface area contributed by atoms with Gasteiger partial charge >= 0.3 is 12.0 Å². The summed E-state index contributed by atoms with van der Waals surface area (Å²) in [6.45, 7) is 1.64. The molecule has 6 nitrogen and oxygen atoms in total. The van der Waals surface area contributed by atoms with Crippen molar-refractivity contribution in [3.63, 3.8) is 0 Å². The van der Waals surface area contributed by atoms with Crippen LogP contribution in [0.15, 0.2) is 0 Å². The number of aliphatic hydroxyl groups is 1. The molecule has 0 aromatic carbocycles. The first-order chi connectivity index (χ1) is 8.43. The van der Waals surface area contributed by atoms with E-state index in [0.717, 1.165) is 12.2 Å². The Bertz CT molecular complexity index is 276. The van der Waals surface area contributed by atoms with Crippen LogP contribution in [0.1, 0.15) is 19.8 Å². The summed E-state index contributed by atoms with van der Waals surface area (Å²) in [5.41, 5.74) is 0. The second kappa shape index (κ2) is 9.04. The van der Waals surface area contributed by atoms with Crippen LogP contribution < -0.4 is 5.32 Å². The Morgan fingerprint density at radius 3 is 2.44 bits per heavy atom. The van der Waals surface area contributed by atoms with Crippen LogP contribution >= 0.6 is 11.8 Å². The van der Waals surface area contributed by atoms with Crippen molar-refractivity contribution >= 4 is 23.8 Å². The normalized spacial score (nSPS) is 13.8. The summed E-state index contributed by atoms with van der Waals surface area (Å²) in [4.78, 5) is 24.1. The Hall–Kier alpha value is -0.950. The van der Waals surface area contributed by atoms with Crippen LogP contribution in [0.4, 0.5) is 4.79 Å². The van der Waals surface area contributed by atoms with Gasteiger partial charge in [0.1, 0.15) is 6.04 Å². The summed E-state index contributed by atoms with van der Waals surface area (Å²) >= 11 is 1.70. The molecular weight excluding hydrogens is 256 g/mol. The fraction of sp³-hybridized carbons (Fsp3) is 0.818. The summed E-state index contributed by atoms with van der Waals surface area (Å²) in [5, 5.41) is 20.0. The van der Waals surface area contributed by atoms with E-state index in [4.69, 9.17) is 10.2 Å². The van der Waals surface area contributed by atoms with Gasteiger partial charge in [-0.25, -0.2) is 9.59 Å². The highest BCUT2D eigenvalue weighted by atomic mass is 32.2. The summed E-state index contributed by atoms with van der Waals surface area (Å²) in [5.74, 6) is -0.194. The third-order valence-corrected chi connectivity index (χ3v) is 3.38. The highest BCUT2D eigenvalue weighted by Gasteiger charge is 2.23. The first-order valence-corrected chi connectivity index (χ1v) is 7.19. The first kappa shape index (κ1) is 17.1. The zero-order chi connectivity index (χ0) is 14.1. The maximum Gasteiger partial charge on any atom is 0.326 e. The van der Waals surface area contributed by atoms with Crippen molar-refractivity contribution in [3.05, 3.63) is 0 Å². The number of thioether (sulfide) groups is 1. The third kappa shape index (κ3) is 6.11. The smallest absolute Gasteiger partial charge is 0.326 e. The largest absolute Gasteiger partial charge is 0.480 e. The molecule has 106 valence electrons. The molecule has 2 unspecified atom stereocenters. The number of nitrogens with zero attached hydrogens (tertiary/aromatic N) is 1. The maximum atomic E-state index is 11.8. The predicted octanol–water partition coefficient (Wildman–Crippen LogP) is 0.605. The Labute approximate surface area is 112 Å². The molecule has 18 heavy (non-hydrogen) atoms. The van der Waals surface area contributed by atoms with Crippen molar-refractivity contribution in [2.45, 2.75) is 31.8 Å². The molecule has 7 heteroatoms. The molecule has 2 atom stereocenters. The molecule has 0 aliphatic heterocycles. The molecular formula is C11H22N2O4S. The molecule has 0 fully saturated rings. The number of carboxylic acids is 1. The van der Waals surface area contributed by atoms with Gasteiger partial charge in [0, 0.05) is 26.1 Å². The van der Waals surface area contributed by atoms with Crippen molar-refractivity contribution in [2.24, 2.45) is 0 Å². The lowest BCUT2D eigenvalue weighted by atomic mass is 10.2. The van der Waals surface area contributed by atoms with Gasteiger partial charge < -0.3 is 20.4 Å². The number of carboxylic acid groups (broad SMARTS) is 1. The topological polar surface area (TPSA) is 89.9 Å². The van der Waals surface area contributed by atoms with E-state index in [1.807, 2.05) is 13.2 Å². The van der Waals surface area contributed by atoms with Crippen LogP contribution in [-0.4, -0.2) is 64.9 Å². The first-order valence-electron chi connectivity index (χ1n) is 5.80. The molecule has 0 saturated heterocycles. The van der Waals surface area contributed by atoms with Gasteiger partial charge in [-0.3, -0.25) is 0 Å². The minimum Gasteiger partial charge on any atom is -0.480 e. The second-order valence-corrected chi connectivity index (χ2v) is 5.08. The molecule has 0 radical (unpaired) electrons. The number of amides is 2. The minimum atomic E-state index is -1.14. The number of carbonyl (C=O) groups is 2. The Balaban J connectivity index is 4.31. The quantitative estimate of drug-likeness (QED) is 0.605. The number of nitrogens with one attached hydrogen (secondary N) is 1. The molecule has 0 spiro atoms. The van der Waals surface area contributed by atoms with Gasteiger partial charge in [-0.2, -0.15) is 11.8 Å². The van der Waals surface area contributed by atoms with Gasteiger partial charge in [0.05, 0.1) is 0 Å². The lowest BCUT2D eigenvalue weighted by Gasteiger charge is -2.26. The van der Waals surface area contributed by atoms with Crippen molar-refractivity contribution < 1.29 is 19.8 Å². The van der Waals surface area contributed by atoms with E-state index in [1.165, 1.54) is 4.90 Å². The van der Waals surface area contributed by atoms with E-state index in [-0.39, 0.29) is 19.1 Å². The van der Waals surface area contributed by atoms with E-state index >= 15 is 0 Å². The van der Waals surface area contributed by atoms with Crippen molar-refractivity contribution in [1.82, 2.24) is 10.2 Å². The Morgan fingerprint density at radius 2 is 2.00 bits per heavy atom. The predicted molar refractivity (Wildman–Crippen MR) is 71.9 cm³/mol. The SMILES string of the molecule is CSCCC(C)N(C)C(=O)NC(CCO)C(=O)O. The van der Waals surface area contributed by atoms with E-state index in [9.17, 15) is 9.59 Å². The van der Waals surface area contributed by atoms with Crippen LogP contribution in [0.25, 0.3) is 0 Å². The Kier molecular flexibility index (Phi) is 8.57. The Morgan fingerprint density at radius 1 is 1.39 bits per heavy atom. The van der Waals surface area contributed by atoms with Crippen LogP contribution in [-0.2, 0) is 4.79 Å². The van der Waals surface area contributed by atoms with E-state index in [1.54, 1.807) is 18.8 Å². The van der Waals surface area contributed by atoms with Crippen molar-refractivity contribution in [3.8, 4) is 0 Å². The molecule has 0 aliphatic rings. The lowest BCUT2D eigenvalue weighted by molar-refractivity contribution is -0.139. The average molecular weight is 278 g/mol. The summed E-state index contributed by atoms with van der Waals surface area (Å²) in [6, 6.07) is -1.43. The molecule has 0 bridgehead atoms. The second-order valence-electron chi connectivity index (χ2n) is 4.09. The van der Waals surface area contributed by atoms with E-state index < -0.39 is 18.0 Å². The van der Waals surface area contributed by atoms with Crippen LogP contribution in [0.2, 0.25) is 0 Å². The number of rotatable bonds is 8. The summed E-state index contributed by atoms with van der Waals surface area (Å²) < 4.78 is 0. The van der Waals surface area contributed by atoms with Gasteiger partial charge in [0.25, 0.3) is 0 Å². The fourth-order valence-corrected chi connectivity index (χ4v) is 1.90. The minimum absolute atomic E-state index is 0.00804. The number of aliphatic carboxylic acids is 1. The number of hydrogen-bond acceptors (Lipinski definition) is 4. The van der Waals surface area contributed by atoms with Gasteiger partial charge in [0.2, 0.25) is 0 Å². The number of hydrogen-bond donors (Lipinski definition) is 3. The third-order valence-electron chi connectivity index (χ3n) is 2.73. The van der Waals surface area contributed by atoms with Crippen LogP contribution in [0.3, 0.4) is 0 Å². The highest BCUT2D eigenvalue weighted by Crippen LogP contribution is 2.06. The zero-order valence-electron chi connectivity index (χ0n) is 11.0. The van der Waals surface area contributed by atoms with E-state index in [2.05, 4.69) is 5.32 Å². The fourth-order valence-electron chi connectivity index (χ4n) is 1.32. The van der Waals surface area contributed by atoms with E-state index in [0.29, 0.717) is 0 Å². The van der Waals surface area contributed by atoms with Gasteiger partial charge in [-0.05, 0) is 25.4 Å². The van der Waals surface area contributed by atoms with Gasteiger partial charge in [-0.15, -0.1) is 0 Å². The van der Waals surface area contributed by atoms with Crippen molar-refractivity contribution in [1.29, 1.82) is 0 Å². The summed E-state index contributed by atoms with van der Waals surface area (Å²) in [6.07, 6.45) is 2.85. The highest BCUT2D eigenvalue weighted by molar-refractivity contribution is 7.98. The monoisotopic (exact) mass is 278 g/mol. The standard InChI is InChI=1S/C11H22N2O4S/c1-8(5-7-18-3)13(2)11(17)12-9(4-6-14)10(15)16/h8-9,14H,4-7H2,1-3H3,(H,12,17)(H,15,16). The zero-order valence-corrected chi connectivity index (χ0v) is 11.9. The number of urea groups is 1. The van der Waals surface area contributed by atoms with Crippen molar-refractivity contribution in [2.75, 3.05) is 25.7 Å². The van der Waals surface area contributed by atoms with Crippen LogP contribution in [0.5, 0.6) is 0 Å². The van der Waals surface area contributed by atoms with Gasteiger partial charge in [0.15, 0.2) is 0 Å². The van der Waals surface area contributed by atoms with Crippen LogP contribution in [0, 0.1) is 0 Å². The summed E-state index contributed by atoms with van der Waals surface area (Å²) in [7, 11) is 1.64. The molecule has 3 N–H and O–H groups in total. The number of aliphatic hydroxyl groups excluding tert-OH is 1. The average Bonchev–Trinajstić information content (AvgIpc) is 2.33. The molecule has 0 aromatic heterocycles. The molecule has 0 aliphatic carbocycles. The maximum absolute atomic E-state index is 11.8.